The minimum absolute atomic E-state index is 0.393. The van der Waals surface area contributed by atoms with E-state index in [1.807, 2.05) is 18.2 Å². The summed E-state index contributed by atoms with van der Waals surface area (Å²) in [5, 5.41) is 3.49. The Morgan fingerprint density at radius 3 is 2.92 bits per heavy atom. The highest BCUT2D eigenvalue weighted by Gasteiger charge is 2.36. The average molecular weight is 241 g/mol. The molecule has 0 radical (unpaired) electrons. The molecule has 1 heterocycles. The van der Waals surface area contributed by atoms with Gasteiger partial charge in [-0.05, 0) is 47.8 Å². The number of hydrogen-bond acceptors (Lipinski definition) is 2. The summed E-state index contributed by atoms with van der Waals surface area (Å²) in [7, 11) is 0. The molecule has 1 aromatic heterocycles. The molecule has 2 rings (SSSR count). The first-order valence-electron chi connectivity index (χ1n) is 4.54. The van der Waals surface area contributed by atoms with Crippen LogP contribution in [0.2, 0.25) is 0 Å². The van der Waals surface area contributed by atoms with Gasteiger partial charge in [-0.25, -0.2) is 4.98 Å². The Morgan fingerprint density at radius 1 is 1.54 bits per heavy atom. The summed E-state index contributed by atoms with van der Waals surface area (Å²) in [6.07, 6.45) is 2.59. The predicted octanol–water partition coefficient (Wildman–Crippen LogP) is 2.49. The molecule has 2 nitrogen and oxygen atoms in total. The molecule has 70 valence electrons. The van der Waals surface area contributed by atoms with Gasteiger partial charge < -0.3 is 5.32 Å². The second-order valence-corrected chi connectivity index (χ2v) is 4.68. The Hall–Kier alpha value is -0.410. The summed E-state index contributed by atoms with van der Waals surface area (Å²) in [5.74, 6) is 0. The van der Waals surface area contributed by atoms with Gasteiger partial charge >= 0.3 is 0 Å². The molecular formula is C10H13BrN2. The highest BCUT2D eigenvalue weighted by atomic mass is 79.9. The number of halogens is 1. The zero-order valence-electron chi connectivity index (χ0n) is 7.68. The van der Waals surface area contributed by atoms with Crippen LogP contribution in [0.1, 0.15) is 25.5 Å². The van der Waals surface area contributed by atoms with Crippen LogP contribution in [0.4, 0.5) is 0 Å². The van der Waals surface area contributed by atoms with Crippen LogP contribution in [0.25, 0.3) is 0 Å². The molecule has 1 aliphatic carbocycles. The van der Waals surface area contributed by atoms with Gasteiger partial charge in [0, 0.05) is 12.1 Å². The molecule has 1 saturated carbocycles. The van der Waals surface area contributed by atoms with Crippen molar-refractivity contribution in [3.05, 3.63) is 28.5 Å². The summed E-state index contributed by atoms with van der Waals surface area (Å²) in [5.41, 5.74) is 1.49. The Balaban J connectivity index is 1.94. The van der Waals surface area contributed by atoms with Crippen molar-refractivity contribution in [2.24, 2.45) is 0 Å². The van der Waals surface area contributed by atoms with Crippen molar-refractivity contribution in [1.82, 2.24) is 10.3 Å². The van der Waals surface area contributed by atoms with Gasteiger partial charge in [0.25, 0.3) is 0 Å². The van der Waals surface area contributed by atoms with E-state index in [0.29, 0.717) is 5.54 Å². The number of nitrogens with zero attached hydrogens (tertiary/aromatic N) is 1. The summed E-state index contributed by atoms with van der Waals surface area (Å²) in [6, 6.07) is 6.01. The quantitative estimate of drug-likeness (QED) is 0.822. The van der Waals surface area contributed by atoms with Crippen molar-refractivity contribution in [3.63, 3.8) is 0 Å². The molecule has 0 aromatic carbocycles. The van der Waals surface area contributed by atoms with Gasteiger partial charge in [0.2, 0.25) is 0 Å². The molecule has 0 unspecified atom stereocenters. The number of pyridine rings is 1. The van der Waals surface area contributed by atoms with Gasteiger partial charge in [0.15, 0.2) is 0 Å². The number of rotatable bonds is 3. The fourth-order valence-electron chi connectivity index (χ4n) is 1.22. The summed E-state index contributed by atoms with van der Waals surface area (Å²) < 4.78 is 0.910. The Morgan fingerprint density at radius 2 is 2.31 bits per heavy atom. The van der Waals surface area contributed by atoms with E-state index in [9.17, 15) is 0 Å². The van der Waals surface area contributed by atoms with Crippen LogP contribution in [0, 0.1) is 0 Å². The second kappa shape index (κ2) is 3.39. The summed E-state index contributed by atoms with van der Waals surface area (Å²) in [6.45, 7) is 3.13. The molecule has 0 amide bonds. The van der Waals surface area contributed by atoms with Crippen LogP contribution in [-0.4, -0.2) is 10.5 Å². The maximum absolute atomic E-state index is 4.36. The Bertz CT molecular complexity index is 308. The largest absolute Gasteiger partial charge is 0.306 e. The van der Waals surface area contributed by atoms with Gasteiger partial charge in [-0.3, -0.25) is 0 Å². The van der Waals surface area contributed by atoms with E-state index < -0.39 is 0 Å². The van der Waals surface area contributed by atoms with Crippen molar-refractivity contribution in [2.75, 3.05) is 0 Å². The zero-order chi connectivity index (χ0) is 9.31. The van der Waals surface area contributed by atoms with Crippen molar-refractivity contribution >= 4 is 15.9 Å². The van der Waals surface area contributed by atoms with Crippen LogP contribution < -0.4 is 5.32 Å². The molecular weight excluding hydrogens is 228 g/mol. The third kappa shape index (κ3) is 2.51. The SMILES string of the molecule is CC1(NCc2cccc(Br)n2)CC1. The standard InChI is InChI=1S/C10H13BrN2/c1-10(5-6-10)12-7-8-3-2-4-9(11)13-8/h2-4,12H,5-7H2,1H3. The van der Waals surface area contributed by atoms with Crippen molar-refractivity contribution < 1.29 is 0 Å². The van der Waals surface area contributed by atoms with E-state index in [4.69, 9.17) is 0 Å². The maximum Gasteiger partial charge on any atom is 0.106 e. The van der Waals surface area contributed by atoms with Crippen LogP contribution >= 0.6 is 15.9 Å². The maximum atomic E-state index is 4.36. The minimum Gasteiger partial charge on any atom is -0.306 e. The molecule has 1 aliphatic rings. The minimum atomic E-state index is 0.393. The molecule has 1 N–H and O–H groups in total. The first-order valence-corrected chi connectivity index (χ1v) is 5.34. The average Bonchev–Trinajstić information content (AvgIpc) is 2.82. The molecule has 0 atom stereocenters. The fraction of sp³-hybridized carbons (Fsp3) is 0.500. The molecule has 13 heavy (non-hydrogen) atoms. The summed E-state index contributed by atoms with van der Waals surface area (Å²) in [4.78, 5) is 4.36. The van der Waals surface area contributed by atoms with E-state index in [-0.39, 0.29) is 0 Å². The normalized spacial score (nSPS) is 18.6. The molecule has 1 fully saturated rings. The lowest BCUT2D eigenvalue weighted by Gasteiger charge is -2.10. The lowest BCUT2D eigenvalue weighted by Crippen LogP contribution is -2.27. The van der Waals surface area contributed by atoms with Crippen LogP contribution in [0.5, 0.6) is 0 Å². The number of hydrogen-bond donors (Lipinski definition) is 1. The van der Waals surface area contributed by atoms with E-state index in [2.05, 4.69) is 33.2 Å². The monoisotopic (exact) mass is 240 g/mol. The molecule has 0 saturated heterocycles. The number of nitrogens with one attached hydrogen (secondary N) is 1. The van der Waals surface area contributed by atoms with Gasteiger partial charge in [-0.15, -0.1) is 0 Å². The first-order chi connectivity index (χ1) is 6.18. The van der Waals surface area contributed by atoms with E-state index in [1.165, 1.54) is 12.8 Å². The smallest absolute Gasteiger partial charge is 0.106 e. The first kappa shape index (κ1) is 9.16. The van der Waals surface area contributed by atoms with Gasteiger partial charge in [0.05, 0.1) is 5.69 Å². The lowest BCUT2D eigenvalue weighted by molar-refractivity contribution is 0.531. The lowest BCUT2D eigenvalue weighted by atomic mass is 10.3. The van der Waals surface area contributed by atoms with Gasteiger partial charge in [-0.1, -0.05) is 6.07 Å². The fourth-order valence-corrected chi connectivity index (χ4v) is 1.60. The molecule has 0 aliphatic heterocycles. The summed E-state index contributed by atoms with van der Waals surface area (Å²) >= 11 is 3.36. The molecule has 1 aromatic rings. The van der Waals surface area contributed by atoms with Crippen LogP contribution in [0.15, 0.2) is 22.8 Å². The Labute approximate surface area is 86.9 Å². The predicted molar refractivity (Wildman–Crippen MR) is 56.4 cm³/mol. The third-order valence-corrected chi connectivity index (χ3v) is 2.91. The van der Waals surface area contributed by atoms with Crippen LogP contribution in [-0.2, 0) is 6.54 Å². The number of aromatic nitrogens is 1. The van der Waals surface area contributed by atoms with Crippen molar-refractivity contribution in [1.29, 1.82) is 0 Å². The van der Waals surface area contributed by atoms with Gasteiger partial charge in [-0.2, -0.15) is 0 Å². The van der Waals surface area contributed by atoms with Crippen molar-refractivity contribution in [3.8, 4) is 0 Å². The van der Waals surface area contributed by atoms with Crippen molar-refractivity contribution in [2.45, 2.75) is 31.8 Å². The molecule has 3 heteroatoms. The second-order valence-electron chi connectivity index (χ2n) is 3.87. The van der Waals surface area contributed by atoms with Gasteiger partial charge in [0.1, 0.15) is 4.60 Å². The third-order valence-electron chi connectivity index (χ3n) is 2.47. The highest BCUT2D eigenvalue weighted by Crippen LogP contribution is 2.34. The molecule has 0 bridgehead atoms. The molecule has 0 spiro atoms. The Kier molecular flexibility index (Phi) is 2.39. The van der Waals surface area contributed by atoms with Crippen LogP contribution in [0.3, 0.4) is 0 Å². The zero-order valence-corrected chi connectivity index (χ0v) is 9.26. The van der Waals surface area contributed by atoms with E-state index in [1.54, 1.807) is 0 Å². The van der Waals surface area contributed by atoms with E-state index >= 15 is 0 Å². The highest BCUT2D eigenvalue weighted by molar-refractivity contribution is 9.10. The van der Waals surface area contributed by atoms with E-state index in [0.717, 1.165) is 16.8 Å². The topological polar surface area (TPSA) is 24.9 Å².